The summed E-state index contributed by atoms with van der Waals surface area (Å²) in [7, 11) is 2.00. The molecule has 0 aliphatic rings. The molecular weight excluding hydrogens is 310 g/mol. The summed E-state index contributed by atoms with van der Waals surface area (Å²) in [5.41, 5.74) is 3.57. The fourth-order valence-corrected chi connectivity index (χ4v) is 2.97. The van der Waals surface area contributed by atoms with Gasteiger partial charge in [0.05, 0.1) is 0 Å². The van der Waals surface area contributed by atoms with Crippen LogP contribution >= 0.6 is 0 Å². The minimum absolute atomic E-state index is 0.148. The zero-order chi connectivity index (χ0) is 18.2. The molecule has 0 aliphatic heterocycles. The highest BCUT2D eigenvalue weighted by molar-refractivity contribution is 5.76. The molecular formula is C22H29NO2. The van der Waals surface area contributed by atoms with Crippen molar-refractivity contribution < 1.29 is 9.53 Å². The summed E-state index contributed by atoms with van der Waals surface area (Å²) in [6.07, 6.45) is 0.923. The van der Waals surface area contributed by atoms with Gasteiger partial charge in [-0.25, -0.2) is 0 Å². The standard InChI is InChI=1S/C22H29NO2/c1-17(2)21(22(24)25-16-20-8-6-5-7-9-20)23(4)15-14-19-12-10-18(3)11-13-19/h5-13,17,21H,14-16H2,1-4H3. The smallest absolute Gasteiger partial charge is 0.323 e. The van der Waals surface area contributed by atoms with E-state index in [1.54, 1.807) is 0 Å². The third kappa shape index (κ3) is 6.02. The van der Waals surface area contributed by atoms with Crippen LogP contribution in [0.5, 0.6) is 0 Å². The molecule has 2 rings (SSSR count). The molecule has 2 aromatic carbocycles. The van der Waals surface area contributed by atoms with Crippen LogP contribution in [0, 0.1) is 12.8 Å². The number of hydrogen-bond acceptors (Lipinski definition) is 3. The van der Waals surface area contributed by atoms with Crippen LogP contribution in [0.25, 0.3) is 0 Å². The van der Waals surface area contributed by atoms with Gasteiger partial charge in [0.15, 0.2) is 0 Å². The lowest BCUT2D eigenvalue weighted by Crippen LogP contribution is -2.44. The van der Waals surface area contributed by atoms with Crippen molar-refractivity contribution in [1.29, 1.82) is 0 Å². The van der Waals surface area contributed by atoms with E-state index in [9.17, 15) is 4.79 Å². The highest BCUT2D eigenvalue weighted by atomic mass is 16.5. The molecule has 3 heteroatoms. The number of aryl methyl sites for hydroxylation is 1. The van der Waals surface area contributed by atoms with Gasteiger partial charge in [0.1, 0.15) is 12.6 Å². The third-order valence-corrected chi connectivity index (χ3v) is 4.45. The van der Waals surface area contributed by atoms with Crippen LogP contribution in [-0.2, 0) is 22.6 Å². The lowest BCUT2D eigenvalue weighted by Gasteiger charge is -2.29. The Balaban J connectivity index is 1.91. The fourth-order valence-electron chi connectivity index (χ4n) is 2.97. The molecule has 0 saturated carbocycles. The van der Waals surface area contributed by atoms with Gasteiger partial charge in [-0.05, 0) is 37.4 Å². The molecule has 0 aromatic heterocycles. The first kappa shape index (κ1) is 19.2. The van der Waals surface area contributed by atoms with Gasteiger partial charge in [0.2, 0.25) is 0 Å². The minimum atomic E-state index is -0.228. The van der Waals surface area contributed by atoms with E-state index in [-0.39, 0.29) is 17.9 Å². The maximum absolute atomic E-state index is 12.6. The highest BCUT2D eigenvalue weighted by Gasteiger charge is 2.27. The summed E-state index contributed by atoms with van der Waals surface area (Å²) in [6.45, 7) is 7.38. The van der Waals surface area contributed by atoms with E-state index in [1.807, 2.05) is 37.4 Å². The molecule has 0 radical (unpaired) electrons. The number of ether oxygens (including phenoxy) is 1. The Hall–Kier alpha value is -2.13. The van der Waals surface area contributed by atoms with E-state index in [2.05, 4.69) is 49.9 Å². The van der Waals surface area contributed by atoms with Crippen molar-refractivity contribution in [2.45, 2.75) is 39.8 Å². The van der Waals surface area contributed by atoms with Crippen molar-refractivity contribution in [3.05, 3.63) is 71.3 Å². The van der Waals surface area contributed by atoms with Gasteiger partial charge in [-0.3, -0.25) is 9.69 Å². The summed E-state index contributed by atoms with van der Waals surface area (Å²) < 4.78 is 5.56. The largest absolute Gasteiger partial charge is 0.460 e. The molecule has 25 heavy (non-hydrogen) atoms. The topological polar surface area (TPSA) is 29.5 Å². The summed E-state index contributed by atoms with van der Waals surface area (Å²) in [5, 5.41) is 0. The average Bonchev–Trinajstić information content (AvgIpc) is 2.60. The zero-order valence-corrected chi connectivity index (χ0v) is 15.7. The molecule has 0 fully saturated rings. The van der Waals surface area contributed by atoms with Gasteiger partial charge in [-0.15, -0.1) is 0 Å². The molecule has 0 N–H and O–H groups in total. The number of rotatable bonds is 8. The lowest BCUT2D eigenvalue weighted by atomic mass is 10.0. The van der Waals surface area contributed by atoms with Crippen molar-refractivity contribution in [2.24, 2.45) is 5.92 Å². The zero-order valence-electron chi connectivity index (χ0n) is 15.7. The van der Waals surface area contributed by atoms with Crippen LogP contribution in [0.1, 0.15) is 30.5 Å². The number of esters is 1. The summed E-state index contributed by atoms with van der Waals surface area (Å²) in [5.74, 6) is 0.0524. The second-order valence-electron chi connectivity index (χ2n) is 7.00. The molecule has 0 aliphatic carbocycles. The van der Waals surface area contributed by atoms with E-state index >= 15 is 0 Å². The molecule has 0 spiro atoms. The van der Waals surface area contributed by atoms with Crippen LogP contribution in [-0.4, -0.2) is 30.5 Å². The number of hydrogen-bond donors (Lipinski definition) is 0. The molecule has 2 aromatic rings. The monoisotopic (exact) mass is 339 g/mol. The van der Waals surface area contributed by atoms with E-state index < -0.39 is 0 Å². The fraction of sp³-hybridized carbons (Fsp3) is 0.409. The van der Waals surface area contributed by atoms with Crippen LogP contribution < -0.4 is 0 Å². The molecule has 1 atom stereocenters. The van der Waals surface area contributed by atoms with Crippen molar-refractivity contribution in [3.63, 3.8) is 0 Å². The van der Waals surface area contributed by atoms with E-state index in [0.29, 0.717) is 6.61 Å². The van der Waals surface area contributed by atoms with Crippen molar-refractivity contribution in [1.82, 2.24) is 4.90 Å². The van der Waals surface area contributed by atoms with Crippen molar-refractivity contribution in [2.75, 3.05) is 13.6 Å². The second-order valence-corrected chi connectivity index (χ2v) is 7.00. The van der Waals surface area contributed by atoms with E-state index in [1.165, 1.54) is 11.1 Å². The SMILES string of the molecule is Cc1ccc(CCN(C)C(C(=O)OCc2ccccc2)C(C)C)cc1. The Bertz CT molecular complexity index is 649. The summed E-state index contributed by atoms with van der Waals surface area (Å²) in [6, 6.07) is 18.1. The molecule has 0 amide bonds. The second kappa shape index (κ2) is 9.38. The molecule has 0 bridgehead atoms. The Morgan fingerprint density at radius 3 is 2.24 bits per heavy atom. The van der Waals surface area contributed by atoms with Gasteiger partial charge in [0, 0.05) is 6.54 Å². The van der Waals surface area contributed by atoms with Gasteiger partial charge >= 0.3 is 5.97 Å². The van der Waals surface area contributed by atoms with E-state index in [4.69, 9.17) is 4.74 Å². The molecule has 0 saturated heterocycles. The first-order valence-electron chi connectivity index (χ1n) is 8.93. The average molecular weight is 339 g/mol. The van der Waals surface area contributed by atoms with Gasteiger partial charge in [0.25, 0.3) is 0 Å². The predicted molar refractivity (Wildman–Crippen MR) is 102 cm³/mol. The molecule has 134 valence electrons. The van der Waals surface area contributed by atoms with Gasteiger partial charge in [-0.2, -0.15) is 0 Å². The quantitative estimate of drug-likeness (QED) is 0.674. The normalized spacial score (nSPS) is 12.4. The van der Waals surface area contributed by atoms with Gasteiger partial charge < -0.3 is 4.74 Å². The third-order valence-electron chi connectivity index (χ3n) is 4.45. The molecule has 0 heterocycles. The number of carbonyl (C=O) groups excluding carboxylic acids is 1. The number of carbonyl (C=O) groups is 1. The molecule has 3 nitrogen and oxygen atoms in total. The van der Waals surface area contributed by atoms with Gasteiger partial charge in [-0.1, -0.05) is 74.0 Å². The number of nitrogens with zero attached hydrogens (tertiary/aromatic N) is 1. The van der Waals surface area contributed by atoms with Crippen molar-refractivity contribution >= 4 is 5.97 Å². The minimum Gasteiger partial charge on any atom is -0.460 e. The highest BCUT2D eigenvalue weighted by Crippen LogP contribution is 2.14. The van der Waals surface area contributed by atoms with E-state index in [0.717, 1.165) is 18.5 Å². The summed E-state index contributed by atoms with van der Waals surface area (Å²) in [4.78, 5) is 14.7. The van der Waals surface area contributed by atoms with Crippen LogP contribution in [0.15, 0.2) is 54.6 Å². The van der Waals surface area contributed by atoms with Crippen LogP contribution in [0.2, 0.25) is 0 Å². The number of benzene rings is 2. The Morgan fingerprint density at radius 1 is 1.00 bits per heavy atom. The molecule has 1 unspecified atom stereocenters. The Kier molecular flexibility index (Phi) is 7.20. The Labute approximate surface area is 151 Å². The predicted octanol–water partition coefficient (Wildman–Crippen LogP) is 4.24. The maximum Gasteiger partial charge on any atom is 0.323 e. The Morgan fingerprint density at radius 2 is 1.64 bits per heavy atom. The van der Waals surface area contributed by atoms with Crippen LogP contribution in [0.3, 0.4) is 0 Å². The lowest BCUT2D eigenvalue weighted by molar-refractivity contribution is -0.152. The first-order chi connectivity index (χ1) is 12.0. The maximum atomic E-state index is 12.6. The first-order valence-corrected chi connectivity index (χ1v) is 8.93. The van der Waals surface area contributed by atoms with Crippen molar-refractivity contribution in [3.8, 4) is 0 Å². The van der Waals surface area contributed by atoms with Crippen LogP contribution in [0.4, 0.5) is 0 Å². The number of likely N-dealkylation sites (N-methyl/N-ethyl adjacent to an activating group) is 1. The summed E-state index contributed by atoms with van der Waals surface area (Å²) >= 11 is 0.